The quantitative estimate of drug-likeness (QED) is 0.578. The summed E-state index contributed by atoms with van der Waals surface area (Å²) in [4.78, 5) is 17.9. The third-order valence-corrected chi connectivity index (χ3v) is 5.37. The standard InChI is InChI=1S/C18H32N4O4/c1-2-24-17(23)22-10-6-14(7-11-22)21-16(19)20-12-15-13-25-18(26-15)8-4-3-5-9-18/h14-15H,2-13H2,1H3,(H3,19,20,21). The minimum atomic E-state index is -0.361. The van der Waals surface area contributed by atoms with Crippen LogP contribution in [-0.2, 0) is 14.2 Å². The predicted octanol–water partition coefficient (Wildman–Crippen LogP) is 1.59. The van der Waals surface area contributed by atoms with Gasteiger partial charge in [0.15, 0.2) is 11.7 Å². The smallest absolute Gasteiger partial charge is 0.409 e. The first-order valence-electron chi connectivity index (χ1n) is 9.90. The largest absolute Gasteiger partial charge is 0.450 e. The first kappa shape index (κ1) is 19.2. The summed E-state index contributed by atoms with van der Waals surface area (Å²) in [5.41, 5.74) is 6.03. The van der Waals surface area contributed by atoms with Crippen molar-refractivity contribution >= 4 is 12.1 Å². The Labute approximate surface area is 155 Å². The zero-order chi connectivity index (χ0) is 18.4. The molecule has 3 N–H and O–H groups in total. The van der Waals surface area contributed by atoms with Gasteiger partial charge in [-0.2, -0.15) is 0 Å². The van der Waals surface area contributed by atoms with Crippen LogP contribution >= 0.6 is 0 Å². The molecule has 2 aliphatic heterocycles. The molecule has 1 aliphatic carbocycles. The van der Waals surface area contributed by atoms with Crippen molar-refractivity contribution in [1.29, 1.82) is 0 Å². The third-order valence-electron chi connectivity index (χ3n) is 5.37. The van der Waals surface area contributed by atoms with E-state index in [9.17, 15) is 4.79 Å². The van der Waals surface area contributed by atoms with Crippen molar-refractivity contribution in [2.75, 3.05) is 32.8 Å². The zero-order valence-electron chi connectivity index (χ0n) is 15.7. The lowest BCUT2D eigenvalue weighted by atomic mass is 9.94. The van der Waals surface area contributed by atoms with Crippen molar-refractivity contribution in [1.82, 2.24) is 10.2 Å². The number of amides is 1. The van der Waals surface area contributed by atoms with Crippen LogP contribution in [-0.4, -0.2) is 67.7 Å². The first-order chi connectivity index (χ1) is 12.6. The molecular weight excluding hydrogens is 336 g/mol. The molecule has 8 heteroatoms. The van der Waals surface area contributed by atoms with Crippen LogP contribution in [0.2, 0.25) is 0 Å². The van der Waals surface area contributed by atoms with E-state index in [1.807, 2.05) is 6.92 Å². The Morgan fingerprint density at radius 3 is 2.73 bits per heavy atom. The van der Waals surface area contributed by atoms with Crippen molar-refractivity contribution < 1.29 is 19.0 Å². The maximum absolute atomic E-state index is 11.7. The van der Waals surface area contributed by atoms with E-state index in [0.29, 0.717) is 38.8 Å². The molecule has 148 valence electrons. The number of nitrogens with two attached hydrogens (primary N) is 1. The van der Waals surface area contributed by atoms with E-state index in [1.54, 1.807) is 4.90 Å². The number of hydrogen-bond donors (Lipinski definition) is 2. The highest BCUT2D eigenvalue weighted by Gasteiger charge is 2.42. The molecule has 0 aromatic rings. The number of carbonyl (C=O) groups excluding carboxylic acids is 1. The Kier molecular flexibility index (Phi) is 6.58. The molecule has 1 saturated carbocycles. The first-order valence-corrected chi connectivity index (χ1v) is 9.90. The maximum atomic E-state index is 11.7. The van der Waals surface area contributed by atoms with Crippen molar-refractivity contribution in [3.05, 3.63) is 0 Å². The van der Waals surface area contributed by atoms with Crippen LogP contribution < -0.4 is 11.1 Å². The highest BCUT2D eigenvalue weighted by Crippen LogP contribution is 2.37. The van der Waals surface area contributed by atoms with Crippen LogP contribution in [0.5, 0.6) is 0 Å². The van der Waals surface area contributed by atoms with Gasteiger partial charge in [-0.05, 0) is 32.6 Å². The molecule has 1 spiro atoms. The summed E-state index contributed by atoms with van der Waals surface area (Å²) in [6.07, 6.45) is 7.00. The lowest BCUT2D eigenvalue weighted by molar-refractivity contribution is -0.186. The monoisotopic (exact) mass is 368 g/mol. The second-order valence-electron chi connectivity index (χ2n) is 7.35. The van der Waals surface area contributed by atoms with Crippen LogP contribution in [0.4, 0.5) is 4.79 Å². The number of likely N-dealkylation sites (tertiary alicyclic amines) is 1. The fraction of sp³-hybridized carbons (Fsp3) is 0.889. The minimum absolute atomic E-state index is 0.0147. The summed E-state index contributed by atoms with van der Waals surface area (Å²) in [5, 5.41) is 3.26. The van der Waals surface area contributed by atoms with Crippen molar-refractivity contribution in [3.63, 3.8) is 0 Å². The van der Waals surface area contributed by atoms with Gasteiger partial charge in [0.25, 0.3) is 0 Å². The molecule has 3 fully saturated rings. The van der Waals surface area contributed by atoms with Gasteiger partial charge in [0.2, 0.25) is 0 Å². The molecule has 0 aromatic carbocycles. The molecular formula is C18H32N4O4. The summed E-state index contributed by atoms with van der Waals surface area (Å²) in [5.74, 6) is 0.0772. The average Bonchev–Trinajstić information content (AvgIpc) is 3.04. The fourth-order valence-corrected chi connectivity index (χ4v) is 3.94. The number of ether oxygens (including phenoxy) is 3. The van der Waals surface area contributed by atoms with Gasteiger partial charge < -0.3 is 30.2 Å². The Hall–Kier alpha value is -1.54. The van der Waals surface area contributed by atoms with Crippen LogP contribution in [0.25, 0.3) is 0 Å². The molecule has 3 rings (SSSR count). The van der Waals surface area contributed by atoms with Crippen LogP contribution in [0.3, 0.4) is 0 Å². The molecule has 2 saturated heterocycles. The molecule has 1 unspecified atom stereocenters. The van der Waals surface area contributed by atoms with Crippen molar-refractivity contribution in [3.8, 4) is 0 Å². The number of hydrogen-bond acceptors (Lipinski definition) is 5. The Balaban J connectivity index is 1.37. The molecule has 2 heterocycles. The number of carbonyl (C=O) groups is 1. The normalized spacial score (nSPS) is 26.9. The van der Waals surface area contributed by atoms with Gasteiger partial charge in [-0.15, -0.1) is 0 Å². The van der Waals surface area contributed by atoms with E-state index in [-0.39, 0.29) is 24.0 Å². The predicted molar refractivity (Wildman–Crippen MR) is 97.9 cm³/mol. The maximum Gasteiger partial charge on any atom is 0.409 e. The molecule has 0 bridgehead atoms. The third kappa shape index (κ3) is 5.01. The van der Waals surface area contributed by atoms with Crippen molar-refractivity contribution in [2.24, 2.45) is 10.7 Å². The Morgan fingerprint density at radius 1 is 1.31 bits per heavy atom. The molecule has 26 heavy (non-hydrogen) atoms. The zero-order valence-corrected chi connectivity index (χ0v) is 15.7. The average molecular weight is 368 g/mol. The molecule has 0 radical (unpaired) electrons. The van der Waals surface area contributed by atoms with Crippen molar-refractivity contribution in [2.45, 2.75) is 69.8 Å². The van der Waals surface area contributed by atoms with E-state index in [0.717, 1.165) is 25.7 Å². The van der Waals surface area contributed by atoms with Gasteiger partial charge in [0, 0.05) is 32.0 Å². The van der Waals surface area contributed by atoms with E-state index in [1.165, 1.54) is 19.3 Å². The number of aliphatic imine (C=N–C) groups is 1. The van der Waals surface area contributed by atoms with Gasteiger partial charge in [0.1, 0.15) is 6.10 Å². The SMILES string of the molecule is CCOC(=O)N1CCC(NC(N)=NCC2COC3(CCCCC3)O2)CC1. The van der Waals surface area contributed by atoms with Gasteiger partial charge in [0.05, 0.1) is 19.8 Å². The summed E-state index contributed by atoms with van der Waals surface area (Å²) in [6, 6.07) is 0.231. The number of guanidine groups is 1. The minimum Gasteiger partial charge on any atom is -0.450 e. The molecule has 8 nitrogen and oxygen atoms in total. The fourth-order valence-electron chi connectivity index (χ4n) is 3.94. The Bertz CT molecular complexity index is 499. The van der Waals surface area contributed by atoms with Gasteiger partial charge >= 0.3 is 6.09 Å². The summed E-state index contributed by atoms with van der Waals surface area (Å²) >= 11 is 0. The molecule has 0 aromatic heterocycles. The lowest BCUT2D eigenvalue weighted by Gasteiger charge is -2.32. The molecule has 3 aliphatic rings. The number of piperidine rings is 1. The lowest BCUT2D eigenvalue weighted by Crippen LogP contribution is -2.48. The van der Waals surface area contributed by atoms with E-state index in [4.69, 9.17) is 19.9 Å². The topological polar surface area (TPSA) is 98.4 Å². The number of nitrogens with one attached hydrogen (secondary N) is 1. The summed E-state index contributed by atoms with van der Waals surface area (Å²) < 4.78 is 17.1. The Morgan fingerprint density at radius 2 is 2.04 bits per heavy atom. The van der Waals surface area contributed by atoms with Crippen LogP contribution in [0.15, 0.2) is 4.99 Å². The van der Waals surface area contributed by atoms with Gasteiger partial charge in [-0.3, -0.25) is 4.99 Å². The molecule has 1 atom stereocenters. The summed E-state index contributed by atoms with van der Waals surface area (Å²) in [7, 11) is 0. The van der Waals surface area contributed by atoms with Crippen LogP contribution in [0.1, 0.15) is 51.9 Å². The van der Waals surface area contributed by atoms with E-state index >= 15 is 0 Å². The van der Waals surface area contributed by atoms with E-state index in [2.05, 4.69) is 10.3 Å². The summed E-state index contributed by atoms with van der Waals surface area (Å²) in [6.45, 7) is 4.68. The second-order valence-corrected chi connectivity index (χ2v) is 7.35. The van der Waals surface area contributed by atoms with E-state index < -0.39 is 0 Å². The van der Waals surface area contributed by atoms with Gasteiger partial charge in [-0.25, -0.2) is 4.79 Å². The van der Waals surface area contributed by atoms with Crippen LogP contribution in [0, 0.1) is 0 Å². The second kappa shape index (κ2) is 8.90. The molecule has 1 amide bonds. The number of rotatable bonds is 4. The highest BCUT2D eigenvalue weighted by molar-refractivity contribution is 5.78. The highest BCUT2D eigenvalue weighted by atomic mass is 16.7. The van der Waals surface area contributed by atoms with Gasteiger partial charge in [-0.1, -0.05) is 6.42 Å². The number of nitrogens with zero attached hydrogens (tertiary/aromatic N) is 2.